The van der Waals surface area contributed by atoms with Gasteiger partial charge in [-0.05, 0) is 31.5 Å². The minimum Gasteiger partial charge on any atom is -0.399 e. The molecule has 1 saturated heterocycles. The van der Waals surface area contributed by atoms with E-state index in [1.807, 2.05) is 6.07 Å². The number of aromatic nitrogens is 1. The number of nitrogens with zero attached hydrogens (tertiary/aromatic N) is 2. The Morgan fingerprint density at radius 2 is 2.35 bits per heavy atom. The summed E-state index contributed by atoms with van der Waals surface area (Å²) in [6.07, 6.45) is 4.70. The lowest BCUT2D eigenvalue weighted by Crippen LogP contribution is -2.47. The van der Waals surface area contributed by atoms with Crippen LogP contribution < -0.4 is 11.5 Å². The highest BCUT2D eigenvalue weighted by Gasteiger charge is 2.26. The van der Waals surface area contributed by atoms with E-state index in [0.717, 1.165) is 31.5 Å². The first-order valence-electron chi connectivity index (χ1n) is 5.90. The van der Waals surface area contributed by atoms with E-state index in [1.165, 1.54) is 0 Å². The molecule has 1 atom stereocenters. The number of nitrogens with two attached hydrogens (primary N) is 2. The average molecular weight is 234 g/mol. The zero-order valence-corrected chi connectivity index (χ0v) is 9.80. The van der Waals surface area contributed by atoms with Crippen molar-refractivity contribution in [2.75, 3.05) is 12.3 Å². The third kappa shape index (κ3) is 2.94. The molecular formula is C12H18N4O. The van der Waals surface area contributed by atoms with Gasteiger partial charge in [0.25, 0.3) is 0 Å². The van der Waals surface area contributed by atoms with Crippen LogP contribution in [0.25, 0.3) is 0 Å². The lowest BCUT2D eigenvalue weighted by Gasteiger charge is -2.33. The number of hydrogen-bond acceptors (Lipinski definition) is 4. The number of nitrogen functional groups attached to an aromatic ring is 1. The molecule has 2 heterocycles. The van der Waals surface area contributed by atoms with E-state index in [9.17, 15) is 4.79 Å². The molecule has 1 fully saturated rings. The molecule has 92 valence electrons. The fraction of sp³-hybridized carbons (Fsp3) is 0.500. The van der Waals surface area contributed by atoms with E-state index in [0.29, 0.717) is 12.2 Å². The van der Waals surface area contributed by atoms with Crippen molar-refractivity contribution in [2.45, 2.75) is 31.8 Å². The minimum absolute atomic E-state index is 0.160. The second-order valence-electron chi connectivity index (χ2n) is 4.46. The van der Waals surface area contributed by atoms with Crippen LogP contribution in [0.1, 0.15) is 25.0 Å². The van der Waals surface area contributed by atoms with Gasteiger partial charge in [-0.15, -0.1) is 0 Å². The predicted octanol–water partition coefficient (Wildman–Crippen LogP) is 0.504. The zero-order chi connectivity index (χ0) is 12.3. The SMILES string of the molecule is NC(=O)C1CCCCN1Cc1cc(N)ccn1. The Morgan fingerprint density at radius 3 is 3.06 bits per heavy atom. The van der Waals surface area contributed by atoms with E-state index in [4.69, 9.17) is 11.5 Å². The Labute approximate surface area is 101 Å². The van der Waals surface area contributed by atoms with E-state index in [-0.39, 0.29) is 11.9 Å². The molecule has 2 rings (SSSR count). The summed E-state index contributed by atoms with van der Waals surface area (Å²) in [6.45, 7) is 1.53. The van der Waals surface area contributed by atoms with Crippen molar-refractivity contribution in [3.63, 3.8) is 0 Å². The molecule has 1 aromatic rings. The monoisotopic (exact) mass is 234 g/mol. The third-order valence-corrected chi connectivity index (χ3v) is 3.15. The summed E-state index contributed by atoms with van der Waals surface area (Å²) in [5, 5.41) is 0. The second kappa shape index (κ2) is 5.14. The van der Waals surface area contributed by atoms with Crippen LogP contribution in [0.4, 0.5) is 5.69 Å². The van der Waals surface area contributed by atoms with Crippen LogP contribution in [0.3, 0.4) is 0 Å². The van der Waals surface area contributed by atoms with Crippen molar-refractivity contribution >= 4 is 11.6 Å². The van der Waals surface area contributed by atoms with E-state index >= 15 is 0 Å². The molecule has 5 nitrogen and oxygen atoms in total. The second-order valence-corrected chi connectivity index (χ2v) is 4.46. The van der Waals surface area contributed by atoms with Crippen LogP contribution in [0.5, 0.6) is 0 Å². The van der Waals surface area contributed by atoms with Gasteiger partial charge in [0.15, 0.2) is 0 Å². The first-order valence-corrected chi connectivity index (χ1v) is 5.90. The van der Waals surface area contributed by atoms with Crippen LogP contribution in [-0.4, -0.2) is 28.4 Å². The summed E-state index contributed by atoms with van der Waals surface area (Å²) in [5.41, 5.74) is 12.7. The molecule has 1 amide bonds. The van der Waals surface area contributed by atoms with Crippen LogP contribution in [0, 0.1) is 0 Å². The topological polar surface area (TPSA) is 85.2 Å². The number of rotatable bonds is 3. The molecule has 1 aliphatic rings. The molecule has 0 aromatic carbocycles. The standard InChI is InChI=1S/C12H18N4O/c13-9-4-5-15-10(7-9)8-16-6-2-1-3-11(16)12(14)17/h4-5,7,11H,1-3,6,8H2,(H2,13,15)(H2,14,17). The number of primary amides is 1. The van der Waals surface area contributed by atoms with Gasteiger partial charge >= 0.3 is 0 Å². The number of carbonyl (C=O) groups excluding carboxylic acids is 1. The van der Waals surface area contributed by atoms with Crippen LogP contribution in [0.15, 0.2) is 18.3 Å². The third-order valence-electron chi connectivity index (χ3n) is 3.15. The Morgan fingerprint density at radius 1 is 1.53 bits per heavy atom. The van der Waals surface area contributed by atoms with Gasteiger partial charge in [0.1, 0.15) is 0 Å². The van der Waals surface area contributed by atoms with Crippen molar-refractivity contribution in [3.05, 3.63) is 24.0 Å². The Hall–Kier alpha value is -1.62. The molecule has 1 aliphatic heterocycles. The number of hydrogen-bond donors (Lipinski definition) is 2. The molecule has 0 radical (unpaired) electrons. The highest BCUT2D eigenvalue weighted by molar-refractivity contribution is 5.79. The van der Waals surface area contributed by atoms with E-state index < -0.39 is 0 Å². The summed E-state index contributed by atoms with van der Waals surface area (Å²) in [6, 6.07) is 3.43. The normalized spacial score (nSPS) is 21.3. The average Bonchev–Trinajstić information content (AvgIpc) is 2.29. The molecule has 0 bridgehead atoms. The van der Waals surface area contributed by atoms with E-state index in [1.54, 1.807) is 12.3 Å². The summed E-state index contributed by atoms with van der Waals surface area (Å²) < 4.78 is 0. The summed E-state index contributed by atoms with van der Waals surface area (Å²) in [5.74, 6) is -0.242. The number of anilines is 1. The van der Waals surface area contributed by atoms with Gasteiger partial charge in [-0.3, -0.25) is 14.7 Å². The molecule has 17 heavy (non-hydrogen) atoms. The van der Waals surface area contributed by atoms with Crippen LogP contribution in [-0.2, 0) is 11.3 Å². The van der Waals surface area contributed by atoms with Crippen molar-refractivity contribution < 1.29 is 4.79 Å². The lowest BCUT2D eigenvalue weighted by atomic mass is 10.0. The number of amides is 1. The maximum absolute atomic E-state index is 11.4. The first-order chi connectivity index (χ1) is 8.16. The van der Waals surface area contributed by atoms with Gasteiger partial charge in [-0.2, -0.15) is 0 Å². The maximum Gasteiger partial charge on any atom is 0.234 e. The number of likely N-dealkylation sites (tertiary alicyclic amines) is 1. The van der Waals surface area contributed by atoms with Crippen molar-refractivity contribution in [1.82, 2.24) is 9.88 Å². The van der Waals surface area contributed by atoms with Gasteiger partial charge < -0.3 is 11.5 Å². The first kappa shape index (κ1) is 11.9. The minimum atomic E-state index is -0.242. The Balaban J connectivity index is 2.08. The van der Waals surface area contributed by atoms with Gasteiger partial charge in [0, 0.05) is 18.4 Å². The van der Waals surface area contributed by atoms with Gasteiger partial charge in [-0.1, -0.05) is 6.42 Å². The lowest BCUT2D eigenvalue weighted by molar-refractivity contribution is -0.124. The molecule has 0 saturated carbocycles. The summed E-state index contributed by atoms with van der Waals surface area (Å²) in [4.78, 5) is 17.7. The quantitative estimate of drug-likeness (QED) is 0.797. The highest BCUT2D eigenvalue weighted by Crippen LogP contribution is 2.19. The molecule has 5 heteroatoms. The zero-order valence-electron chi connectivity index (χ0n) is 9.80. The molecular weight excluding hydrogens is 216 g/mol. The fourth-order valence-corrected chi connectivity index (χ4v) is 2.29. The summed E-state index contributed by atoms with van der Waals surface area (Å²) in [7, 11) is 0. The number of piperidine rings is 1. The smallest absolute Gasteiger partial charge is 0.234 e. The molecule has 1 aromatic heterocycles. The van der Waals surface area contributed by atoms with Gasteiger partial charge in [0.2, 0.25) is 5.91 Å². The van der Waals surface area contributed by atoms with Crippen LogP contribution in [0.2, 0.25) is 0 Å². The van der Waals surface area contributed by atoms with Gasteiger partial charge in [-0.25, -0.2) is 0 Å². The fourth-order valence-electron chi connectivity index (χ4n) is 2.29. The van der Waals surface area contributed by atoms with Crippen molar-refractivity contribution in [2.24, 2.45) is 5.73 Å². The predicted molar refractivity (Wildman–Crippen MR) is 65.9 cm³/mol. The Kier molecular flexibility index (Phi) is 3.58. The molecule has 0 spiro atoms. The van der Waals surface area contributed by atoms with E-state index in [2.05, 4.69) is 9.88 Å². The van der Waals surface area contributed by atoms with Crippen molar-refractivity contribution in [1.29, 1.82) is 0 Å². The summed E-state index contributed by atoms with van der Waals surface area (Å²) >= 11 is 0. The molecule has 1 unspecified atom stereocenters. The highest BCUT2D eigenvalue weighted by atomic mass is 16.1. The number of carbonyl (C=O) groups is 1. The van der Waals surface area contributed by atoms with Gasteiger partial charge in [0.05, 0.1) is 11.7 Å². The van der Waals surface area contributed by atoms with Crippen LogP contribution >= 0.6 is 0 Å². The maximum atomic E-state index is 11.4. The largest absolute Gasteiger partial charge is 0.399 e. The Bertz CT molecular complexity index is 407. The molecule has 0 aliphatic carbocycles. The molecule has 4 N–H and O–H groups in total. The number of pyridine rings is 1. The van der Waals surface area contributed by atoms with Crippen molar-refractivity contribution in [3.8, 4) is 0 Å².